The molecule has 0 fully saturated rings. The number of aromatic hydroxyl groups is 1. The van der Waals surface area contributed by atoms with Crippen molar-refractivity contribution >= 4 is 0 Å². The van der Waals surface area contributed by atoms with Gasteiger partial charge in [0, 0.05) is 0 Å². The molecular weight excluding hydrogens is 220 g/mol. The summed E-state index contributed by atoms with van der Waals surface area (Å²) in [6.07, 6.45) is 8.53. The lowest BCUT2D eigenvalue weighted by Crippen LogP contribution is -1.94. The molecule has 1 aromatic carbocycles. The summed E-state index contributed by atoms with van der Waals surface area (Å²) in [5.41, 5.74) is 2.47. The molecular formula is C17H28O. The monoisotopic (exact) mass is 248 g/mol. The van der Waals surface area contributed by atoms with Crippen LogP contribution in [0, 0.1) is 5.92 Å². The smallest absolute Gasteiger partial charge is 0.119 e. The van der Waals surface area contributed by atoms with Gasteiger partial charge in [-0.1, -0.05) is 58.6 Å². The van der Waals surface area contributed by atoms with Crippen LogP contribution in [0.4, 0.5) is 0 Å². The van der Waals surface area contributed by atoms with E-state index in [2.05, 4.69) is 26.8 Å². The van der Waals surface area contributed by atoms with E-state index < -0.39 is 0 Å². The van der Waals surface area contributed by atoms with Gasteiger partial charge in [-0.3, -0.25) is 0 Å². The Morgan fingerprint density at radius 1 is 1.06 bits per heavy atom. The van der Waals surface area contributed by atoms with Crippen molar-refractivity contribution in [2.75, 3.05) is 0 Å². The second kappa shape index (κ2) is 8.18. The Hall–Kier alpha value is -0.980. The average Bonchev–Trinajstić information content (AvgIpc) is 2.34. The summed E-state index contributed by atoms with van der Waals surface area (Å²) in [5, 5.41) is 9.90. The third-order valence-electron chi connectivity index (χ3n) is 3.59. The first-order valence-corrected chi connectivity index (χ1v) is 7.44. The quantitative estimate of drug-likeness (QED) is 0.634. The fourth-order valence-electron chi connectivity index (χ4n) is 2.45. The summed E-state index contributed by atoms with van der Waals surface area (Å²) >= 11 is 0. The summed E-state index contributed by atoms with van der Waals surface area (Å²) in [6, 6.07) is 5.89. The molecule has 0 atom stereocenters. The predicted molar refractivity (Wildman–Crippen MR) is 79.1 cm³/mol. The maximum Gasteiger partial charge on any atom is 0.119 e. The van der Waals surface area contributed by atoms with Gasteiger partial charge in [-0.15, -0.1) is 0 Å². The van der Waals surface area contributed by atoms with E-state index in [1.807, 2.05) is 12.1 Å². The van der Waals surface area contributed by atoms with Crippen molar-refractivity contribution in [2.45, 2.75) is 65.7 Å². The predicted octanol–water partition coefficient (Wildman–Crippen LogP) is 5.10. The molecule has 1 N–H and O–H groups in total. The molecule has 0 radical (unpaired) electrons. The second-order valence-corrected chi connectivity index (χ2v) is 5.62. The van der Waals surface area contributed by atoms with Crippen LogP contribution < -0.4 is 0 Å². The highest BCUT2D eigenvalue weighted by Crippen LogP contribution is 2.24. The molecule has 0 aromatic heterocycles. The van der Waals surface area contributed by atoms with E-state index in [0.717, 1.165) is 18.8 Å². The highest BCUT2D eigenvalue weighted by Gasteiger charge is 2.05. The Labute approximate surface area is 112 Å². The van der Waals surface area contributed by atoms with Gasteiger partial charge >= 0.3 is 0 Å². The lowest BCUT2D eigenvalue weighted by molar-refractivity contribution is 0.464. The molecule has 0 aliphatic rings. The molecule has 0 unspecified atom stereocenters. The number of unbranched alkanes of at least 4 members (excludes halogenated alkanes) is 3. The number of phenols is 1. The minimum atomic E-state index is 0.483. The molecule has 1 aromatic rings. The summed E-state index contributed by atoms with van der Waals surface area (Å²) in [5.74, 6) is 1.31. The van der Waals surface area contributed by atoms with Crippen molar-refractivity contribution < 1.29 is 5.11 Å². The minimum absolute atomic E-state index is 0.483. The van der Waals surface area contributed by atoms with Crippen molar-refractivity contribution in [3.63, 3.8) is 0 Å². The molecule has 102 valence electrons. The van der Waals surface area contributed by atoms with Gasteiger partial charge in [0.2, 0.25) is 0 Å². The van der Waals surface area contributed by atoms with Crippen molar-refractivity contribution in [1.82, 2.24) is 0 Å². The van der Waals surface area contributed by atoms with E-state index in [1.165, 1.54) is 43.2 Å². The van der Waals surface area contributed by atoms with Gasteiger partial charge in [-0.25, -0.2) is 0 Å². The van der Waals surface area contributed by atoms with E-state index >= 15 is 0 Å². The first-order chi connectivity index (χ1) is 8.65. The van der Waals surface area contributed by atoms with Gasteiger partial charge in [0.05, 0.1) is 0 Å². The van der Waals surface area contributed by atoms with Crippen molar-refractivity contribution in [1.29, 1.82) is 0 Å². The van der Waals surface area contributed by atoms with Crippen LogP contribution in [0.2, 0.25) is 0 Å². The molecule has 0 amide bonds. The largest absolute Gasteiger partial charge is 0.508 e. The van der Waals surface area contributed by atoms with E-state index in [-0.39, 0.29) is 0 Å². The highest BCUT2D eigenvalue weighted by atomic mass is 16.3. The standard InChI is InChI=1S/C17H28O/c1-4-15-11-9-13-17(18)16(15)12-8-6-5-7-10-14(2)3/h9,11,13-14,18H,4-8,10,12H2,1-3H3. The van der Waals surface area contributed by atoms with Crippen LogP contribution >= 0.6 is 0 Å². The lowest BCUT2D eigenvalue weighted by Gasteiger charge is -2.10. The maximum absolute atomic E-state index is 9.90. The van der Waals surface area contributed by atoms with E-state index in [0.29, 0.717) is 5.75 Å². The lowest BCUT2D eigenvalue weighted by atomic mass is 9.97. The first kappa shape index (κ1) is 15.1. The van der Waals surface area contributed by atoms with Crippen LogP contribution in [0.1, 0.15) is 64.0 Å². The van der Waals surface area contributed by atoms with Gasteiger partial charge < -0.3 is 5.11 Å². The number of benzene rings is 1. The molecule has 0 spiro atoms. The van der Waals surface area contributed by atoms with Crippen LogP contribution in [0.3, 0.4) is 0 Å². The van der Waals surface area contributed by atoms with Crippen LogP contribution in [-0.4, -0.2) is 5.11 Å². The van der Waals surface area contributed by atoms with Gasteiger partial charge in [0.15, 0.2) is 0 Å². The first-order valence-electron chi connectivity index (χ1n) is 7.44. The Bertz CT molecular complexity index is 341. The van der Waals surface area contributed by atoms with Crippen molar-refractivity contribution in [2.24, 2.45) is 5.92 Å². The highest BCUT2D eigenvalue weighted by molar-refractivity contribution is 5.39. The number of hydrogen-bond donors (Lipinski definition) is 1. The zero-order valence-electron chi connectivity index (χ0n) is 12.2. The molecule has 0 aliphatic carbocycles. The zero-order chi connectivity index (χ0) is 13.4. The van der Waals surface area contributed by atoms with Crippen LogP contribution in [0.5, 0.6) is 5.75 Å². The SMILES string of the molecule is CCc1cccc(O)c1CCCCCCC(C)C. The fraction of sp³-hybridized carbons (Fsp3) is 0.647. The molecule has 0 aliphatic heterocycles. The summed E-state index contributed by atoms with van der Waals surface area (Å²) in [7, 11) is 0. The Morgan fingerprint density at radius 3 is 2.44 bits per heavy atom. The van der Waals surface area contributed by atoms with Crippen LogP contribution in [0.15, 0.2) is 18.2 Å². The molecule has 0 saturated carbocycles. The van der Waals surface area contributed by atoms with Gasteiger partial charge in [-0.05, 0) is 42.4 Å². The maximum atomic E-state index is 9.90. The summed E-state index contributed by atoms with van der Waals surface area (Å²) < 4.78 is 0. The van der Waals surface area contributed by atoms with Crippen LogP contribution in [0.25, 0.3) is 0 Å². The number of aryl methyl sites for hydroxylation is 1. The second-order valence-electron chi connectivity index (χ2n) is 5.62. The number of phenolic OH excluding ortho intramolecular Hbond substituents is 1. The van der Waals surface area contributed by atoms with Crippen LogP contribution in [-0.2, 0) is 12.8 Å². The fourth-order valence-corrected chi connectivity index (χ4v) is 2.45. The normalized spacial score (nSPS) is 11.1. The Morgan fingerprint density at radius 2 is 1.78 bits per heavy atom. The zero-order valence-corrected chi connectivity index (χ0v) is 12.2. The van der Waals surface area contributed by atoms with Crippen molar-refractivity contribution in [3.8, 4) is 5.75 Å². The summed E-state index contributed by atoms with van der Waals surface area (Å²) in [4.78, 5) is 0. The summed E-state index contributed by atoms with van der Waals surface area (Å²) in [6.45, 7) is 6.73. The van der Waals surface area contributed by atoms with Gasteiger partial charge in [0.25, 0.3) is 0 Å². The van der Waals surface area contributed by atoms with Gasteiger partial charge in [-0.2, -0.15) is 0 Å². The van der Waals surface area contributed by atoms with E-state index in [4.69, 9.17) is 0 Å². The molecule has 1 rings (SSSR count). The van der Waals surface area contributed by atoms with Crippen molar-refractivity contribution in [3.05, 3.63) is 29.3 Å². The third-order valence-corrected chi connectivity index (χ3v) is 3.59. The van der Waals surface area contributed by atoms with E-state index in [9.17, 15) is 5.11 Å². The molecule has 1 heteroatoms. The molecule has 0 saturated heterocycles. The van der Waals surface area contributed by atoms with E-state index in [1.54, 1.807) is 0 Å². The molecule has 18 heavy (non-hydrogen) atoms. The Balaban J connectivity index is 2.31. The topological polar surface area (TPSA) is 20.2 Å². The average molecular weight is 248 g/mol. The number of rotatable bonds is 8. The van der Waals surface area contributed by atoms with Gasteiger partial charge in [0.1, 0.15) is 5.75 Å². The minimum Gasteiger partial charge on any atom is -0.508 e. The number of hydrogen-bond acceptors (Lipinski definition) is 1. The molecule has 0 heterocycles. The Kier molecular flexibility index (Phi) is 6.85. The third kappa shape index (κ3) is 5.12. The molecule has 0 bridgehead atoms. The molecule has 1 nitrogen and oxygen atoms in total.